The van der Waals surface area contributed by atoms with Gasteiger partial charge in [0.25, 0.3) is 0 Å². The van der Waals surface area contributed by atoms with Crippen LogP contribution in [0.25, 0.3) is 0 Å². The molecule has 2 unspecified atom stereocenters. The first kappa shape index (κ1) is 54.2. The van der Waals surface area contributed by atoms with E-state index in [1.54, 1.807) is 0 Å². The molecule has 0 aliphatic heterocycles. The number of carbonyl (C=O) groups excluding carboxylic acids is 2. The summed E-state index contributed by atoms with van der Waals surface area (Å²) in [4.78, 5) is 33.9. The van der Waals surface area contributed by atoms with Crippen LogP contribution in [-0.2, 0) is 27.9 Å². The van der Waals surface area contributed by atoms with Crippen molar-refractivity contribution in [3.05, 3.63) is 85.1 Å². The predicted molar refractivity (Wildman–Crippen MR) is 238 cm³/mol. The van der Waals surface area contributed by atoms with Gasteiger partial charge < -0.3 is 20.1 Å². The molecule has 0 radical (unpaired) electrons. The highest BCUT2D eigenvalue weighted by Gasteiger charge is 2.23. The Morgan fingerprint density at radius 3 is 1.51 bits per heavy atom. The van der Waals surface area contributed by atoms with Gasteiger partial charge in [0.1, 0.15) is 12.7 Å². The standard InChI is InChI=1S/C47H80NO8P/c1-3-5-7-9-11-13-15-17-19-20-21-22-23-24-26-27-29-31-33-35-37-39-46(50)48-41-42-55-57(52,53)56-44-45(49)43-54-47(51)40-38-36-34-32-30-28-25-18-16-14-12-10-8-6-4-2/h5,7,11-14,17-19,21-22,24-26,45,49H,3-4,6,8-10,15-16,20,23,27-44H2,1-2H3,(H,48,50)(H,52,53)/b7-5-,13-11-,14-12-,19-17-,22-21-,25-18-,26-24-. The van der Waals surface area contributed by atoms with E-state index in [9.17, 15) is 24.2 Å². The third-order valence-corrected chi connectivity index (χ3v) is 9.79. The van der Waals surface area contributed by atoms with Crippen molar-refractivity contribution in [3.8, 4) is 0 Å². The largest absolute Gasteiger partial charge is 0.472 e. The Morgan fingerprint density at radius 2 is 1.00 bits per heavy atom. The number of allylic oxidation sites excluding steroid dienone is 14. The molecule has 2 atom stereocenters. The highest BCUT2D eigenvalue weighted by molar-refractivity contribution is 7.47. The molecule has 1 amide bonds. The first-order valence-electron chi connectivity index (χ1n) is 22.1. The summed E-state index contributed by atoms with van der Waals surface area (Å²) in [5.74, 6) is -0.556. The number of esters is 1. The molecule has 0 aromatic carbocycles. The summed E-state index contributed by atoms with van der Waals surface area (Å²) in [5.41, 5.74) is 0. The van der Waals surface area contributed by atoms with Crippen molar-refractivity contribution in [2.45, 2.75) is 174 Å². The molecule has 9 nitrogen and oxygen atoms in total. The number of aliphatic hydroxyl groups is 1. The van der Waals surface area contributed by atoms with Crippen LogP contribution < -0.4 is 5.32 Å². The lowest BCUT2D eigenvalue weighted by atomic mass is 10.1. The fraction of sp³-hybridized carbons (Fsp3) is 0.660. The van der Waals surface area contributed by atoms with Crippen LogP contribution >= 0.6 is 7.82 Å². The first-order valence-corrected chi connectivity index (χ1v) is 23.6. The molecule has 0 rings (SSSR count). The van der Waals surface area contributed by atoms with Gasteiger partial charge in [0.15, 0.2) is 0 Å². The van der Waals surface area contributed by atoms with Crippen LogP contribution in [0.2, 0.25) is 0 Å². The molecule has 0 saturated carbocycles. The van der Waals surface area contributed by atoms with Crippen molar-refractivity contribution in [2.75, 3.05) is 26.4 Å². The Bertz CT molecular complexity index is 1210. The van der Waals surface area contributed by atoms with E-state index in [1.807, 2.05) is 0 Å². The molecule has 0 aliphatic carbocycles. The number of carbonyl (C=O) groups is 2. The molecule has 10 heteroatoms. The summed E-state index contributed by atoms with van der Waals surface area (Å²) in [5, 5.41) is 12.7. The number of phosphoric acid groups is 1. The number of unbranched alkanes of at least 4 members (excludes halogenated alkanes) is 13. The minimum Gasteiger partial charge on any atom is -0.463 e. The summed E-state index contributed by atoms with van der Waals surface area (Å²) < 4.78 is 26.9. The second-order valence-electron chi connectivity index (χ2n) is 14.3. The van der Waals surface area contributed by atoms with Gasteiger partial charge in [-0.2, -0.15) is 0 Å². The number of hydrogen-bond acceptors (Lipinski definition) is 7. The maximum Gasteiger partial charge on any atom is 0.472 e. The number of nitrogens with one attached hydrogen (secondary N) is 1. The van der Waals surface area contributed by atoms with Gasteiger partial charge in [-0.25, -0.2) is 4.57 Å². The third kappa shape index (κ3) is 44.1. The normalized spacial score (nSPS) is 14.1. The molecule has 0 spiro atoms. The minimum absolute atomic E-state index is 0.0638. The Morgan fingerprint density at radius 1 is 0.561 bits per heavy atom. The lowest BCUT2D eigenvalue weighted by molar-refractivity contribution is -0.147. The maximum absolute atomic E-state index is 12.1. The molecule has 0 fully saturated rings. The smallest absolute Gasteiger partial charge is 0.463 e. The van der Waals surface area contributed by atoms with Gasteiger partial charge in [0, 0.05) is 19.4 Å². The van der Waals surface area contributed by atoms with Gasteiger partial charge in [0.05, 0.1) is 13.2 Å². The van der Waals surface area contributed by atoms with Crippen molar-refractivity contribution in [2.24, 2.45) is 0 Å². The van der Waals surface area contributed by atoms with Gasteiger partial charge in [-0.1, -0.05) is 150 Å². The Labute approximate surface area is 347 Å². The Hall–Kier alpha value is -2.81. The van der Waals surface area contributed by atoms with E-state index in [4.69, 9.17) is 13.8 Å². The quantitative estimate of drug-likeness (QED) is 0.0241. The second kappa shape index (κ2) is 42.8. The molecule has 0 aromatic rings. The molecule has 3 N–H and O–H groups in total. The number of hydrogen-bond donors (Lipinski definition) is 3. The van der Waals surface area contributed by atoms with Crippen molar-refractivity contribution < 1.29 is 37.9 Å². The van der Waals surface area contributed by atoms with Gasteiger partial charge >= 0.3 is 13.8 Å². The van der Waals surface area contributed by atoms with Crippen molar-refractivity contribution in [3.63, 3.8) is 0 Å². The minimum atomic E-state index is -4.43. The molecule has 0 aliphatic rings. The third-order valence-electron chi connectivity index (χ3n) is 8.81. The topological polar surface area (TPSA) is 131 Å². The van der Waals surface area contributed by atoms with Crippen LogP contribution in [0.15, 0.2) is 85.1 Å². The van der Waals surface area contributed by atoms with Gasteiger partial charge in [-0.3, -0.25) is 18.6 Å². The van der Waals surface area contributed by atoms with Crippen LogP contribution in [0.5, 0.6) is 0 Å². The lowest BCUT2D eigenvalue weighted by Gasteiger charge is -2.15. The predicted octanol–water partition coefficient (Wildman–Crippen LogP) is 12.4. The summed E-state index contributed by atoms with van der Waals surface area (Å²) >= 11 is 0. The Kier molecular flexibility index (Phi) is 40.7. The number of aliphatic hydroxyl groups excluding tert-OH is 1. The van der Waals surface area contributed by atoms with E-state index >= 15 is 0 Å². The molecule has 0 bridgehead atoms. The summed E-state index contributed by atoms with van der Waals surface area (Å²) in [6.07, 6.45) is 53.6. The summed E-state index contributed by atoms with van der Waals surface area (Å²) in [6, 6.07) is 0. The number of ether oxygens (including phenoxy) is 1. The van der Waals surface area contributed by atoms with Crippen LogP contribution in [0.1, 0.15) is 168 Å². The van der Waals surface area contributed by atoms with Gasteiger partial charge in [-0.05, 0) is 89.9 Å². The van der Waals surface area contributed by atoms with Crippen LogP contribution in [0.4, 0.5) is 0 Å². The van der Waals surface area contributed by atoms with E-state index in [0.29, 0.717) is 12.8 Å². The van der Waals surface area contributed by atoms with Crippen molar-refractivity contribution in [1.29, 1.82) is 0 Å². The lowest BCUT2D eigenvalue weighted by Crippen LogP contribution is -2.27. The number of phosphoric ester groups is 1. The molecular weight excluding hydrogens is 737 g/mol. The number of rotatable bonds is 40. The number of amides is 1. The molecular formula is C47H80NO8P. The van der Waals surface area contributed by atoms with Gasteiger partial charge in [-0.15, -0.1) is 0 Å². The summed E-state index contributed by atoms with van der Waals surface area (Å²) in [6.45, 7) is 3.35. The highest BCUT2D eigenvalue weighted by atomic mass is 31.2. The highest BCUT2D eigenvalue weighted by Crippen LogP contribution is 2.42. The van der Waals surface area contributed by atoms with E-state index < -0.39 is 26.5 Å². The molecule has 326 valence electrons. The van der Waals surface area contributed by atoms with E-state index in [1.165, 1.54) is 25.7 Å². The van der Waals surface area contributed by atoms with Gasteiger partial charge in [0.2, 0.25) is 5.91 Å². The van der Waals surface area contributed by atoms with Crippen LogP contribution in [-0.4, -0.2) is 54.3 Å². The molecule has 57 heavy (non-hydrogen) atoms. The van der Waals surface area contributed by atoms with E-state index in [0.717, 1.165) is 109 Å². The van der Waals surface area contributed by atoms with Crippen LogP contribution in [0.3, 0.4) is 0 Å². The monoisotopic (exact) mass is 818 g/mol. The second-order valence-corrected chi connectivity index (χ2v) is 15.7. The Balaban J connectivity index is 3.68. The molecule has 0 saturated heterocycles. The zero-order chi connectivity index (χ0) is 41.8. The summed E-state index contributed by atoms with van der Waals surface area (Å²) in [7, 11) is -4.43. The molecule has 0 heterocycles. The first-order chi connectivity index (χ1) is 27.8. The van der Waals surface area contributed by atoms with E-state index in [2.05, 4.69) is 104 Å². The fourth-order valence-corrected chi connectivity index (χ4v) is 6.25. The van der Waals surface area contributed by atoms with E-state index in [-0.39, 0.29) is 32.1 Å². The average molecular weight is 818 g/mol. The fourth-order valence-electron chi connectivity index (χ4n) is 5.49. The molecule has 0 aromatic heterocycles. The average Bonchev–Trinajstić information content (AvgIpc) is 3.20. The van der Waals surface area contributed by atoms with Crippen LogP contribution in [0, 0.1) is 0 Å². The SMILES string of the molecule is CC/C=C\C/C=C\C/C=C\C/C=C\C/C=C\CCCCCCCC(=O)NCCOP(=O)(O)OCC(O)COC(=O)CCCCCCC/C=C\C/C=C\CCCCC. The van der Waals surface area contributed by atoms with Crippen molar-refractivity contribution >= 4 is 19.7 Å². The zero-order valence-corrected chi connectivity index (χ0v) is 36.6. The zero-order valence-electron chi connectivity index (χ0n) is 35.8. The van der Waals surface area contributed by atoms with Crippen molar-refractivity contribution in [1.82, 2.24) is 5.32 Å². The maximum atomic E-state index is 12.1.